The summed E-state index contributed by atoms with van der Waals surface area (Å²) < 4.78 is 5.77. The predicted octanol–water partition coefficient (Wildman–Crippen LogP) is 5.64. The highest BCUT2D eigenvalue weighted by molar-refractivity contribution is 6.42. The zero-order valence-corrected chi connectivity index (χ0v) is 14.9. The summed E-state index contributed by atoms with van der Waals surface area (Å²) in [6.07, 6.45) is 3.08. The van der Waals surface area contributed by atoms with Gasteiger partial charge in [0.15, 0.2) is 5.82 Å². The third kappa shape index (κ3) is 3.40. The number of para-hydroxylation sites is 1. The number of nitrogens with one attached hydrogen (secondary N) is 1. The van der Waals surface area contributed by atoms with Crippen molar-refractivity contribution in [3.05, 3.63) is 76.7 Å². The van der Waals surface area contributed by atoms with Crippen LogP contribution in [0.25, 0.3) is 22.2 Å². The molecule has 0 radical (unpaired) electrons. The molecule has 0 saturated carbocycles. The van der Waals surface area contributed by atoms with Crippen LogP contribution in [-0.4, -0.2) is 16.2 Å². The molecular weight excluding hydrogens is 371 g/mol. The summed E-state index contributed by atoms with van der Waals surface area (Å²) in [5.74, 6) is 1.90. The van der Waals surface area contributed by atoms with Gasteiger partial charge in [-0.15, -0.1) is 0 Å². The molecule has 2 heterocycles. The Balaban J connectivity index is 1.52. The molecule has 0 aliphatic rings. The van der Waals surface area contributed by atoms with Crippen molar-refractivity contribution in [1.29, 1.82) is 0 Å². The van der Waals surface area contributed by atoms with Crippen molar-refractivity contribution in [1.82, 2.24) is 9.97 Å². The first-order valence-electron chi connectivity index (χ1n) is 7.75. The Morgan fingerprint density at radius 1 is 0.962 bits per heavy atom. The van der Waals surface area contributed by atoms with Crippen LogP contribution >= 0.6 is 23.2 Å². The molecule has 0 amide bonds. The molecule has 0 atom stereocenters. The summed E-state index contributed by atoms with van der Waals surface area (Å²) in [7, 11) is 0. The van der Waals surface area contributed by atoms with Gasteiger partial charge in [-0.1, -0.05) is 35.3 Å². The van der Waals surface area contributed by atoms with Gasteiger partial charge in [0.25, 0.3) is 0 Å². The van der Waals surface area contributed by atoms with E-state index in [2.05, 4.69) is 20.5 Å². The molecule has 0 aliphatic carbocycles. The van der Waals surface area contributed by atoms with E-state index in [1.807, 2.05) is 42.5 Å². The molecule has 5 nitrogen and oxygen atoms in total. The fraction of sp³-hybridized carbons (Fsp3) is 0. The van der Waals surface area contributed by atoms with Gasteiger partial charge in [0, 0.05) is 10.9 Å². The molecule has 0 spiro atoms. The van der Waals surface area contributed by atoms with Gasteiger partial charge in [-0.05, 0) is 42.5 Å². The van der Waals surface area contributed by atoms with E-state index in [4.69, 9.17) is 27.6 Å². The Kier molecular flexibility index (Phi) is 4.56. The molecule has 0 saturated heterocycles. The lowest BCUT2D eigenvalue weighted by Crippen LogP contribution is -1.95. The van der Waals surface area contributed by atoms with Crippen LogP contribution in [0.3, 0.4) is 0 Å². The first-order chi connectivity index (χ1) is 12.7. The lowest BCUT2D eigenvalue weighted by Gasteiger charge is -2.02. The second-order valence-corrected chi connectivity index (χ2v) is 6.25. The predicted molar refractivity (Wildman–Crippen MR) is 105 cm³/mol. The number of fused-ring (bicyclic) bond motifs is 1. The number of aromatic nitrogens is 2. The van der Waals surface area contributed by atoms with Crippen molar-refractivity contribution < 1.29 is 4.42 Å². The monoisotopic (exact) mass is 382 g/mol. The van der Waals surface area contributed by atoms with Crippen molar-refractivity contribution in [2.45, 2.75) is 0 Å². The highest BCUT2D eigenvalue weighted by atomic mass is 35.5. The van der Waals surface area contributed by atoms with Crippen LogP contribution in [0.1, 0.15) is 5.76 Å². The molecule has 0 fully saturated rings. The van der Waals surface area contributed by atoms with Gasteiger partial charge >= 0.3 is 0 Å². The van der Waals surface area contributed by atoms with E-state index in [0.29, 0.717) is 27.4 Å². The second-order valence-electron chi connectivity index (χ2n) is 5.44. The number of furan rings is 1. The number of anilines is 1. The highest BCUT2D eigenvalue weighted by Crippen LogP contribution is 2.29. The van der Waals surface area contributed by atoms with Gasteiger partial charge in [-0.3, -0.25) is 5.43 Å². The van der Waals surface area contributed by atoms with Crippen molar-refractivity contribution >= 4 is 46.1 Å². The van der Waals surface area contributed by atoms with Crippen LogP contribution in [0.5, 0.6) is 0 Å². The van der Waals surface area contributed by atoms with Crippen molar-refractivity contribution in [3.8, 4) is 11.3 Å². The molecule has 26 heavy (non-hydrogen) atoms. The average Bonchev–Trinajstić information content (AvgIpc) is 3.13. The zero-order chi connectivity index (χ0) is 17.9. The zero-order valence-electron chi connectivity index (χ0n) is 13.4. The van der Waals surface area contributed by atoms with Gasteiger partial charge in [-0.25, -0.2) is 9.97 Å². The molecule has 4 rings (SSSR count). The van der Waals surface area contributed by atoms with Crippen molar-refractivity contribution in [3.63, 3.8) is 0 Å². The SMILES string of the molecule is Clc1ccc(-c2ccc(/C=N/Nc3ncnc4ccccc34)o2)cc1Cl. The van der Waals surface area contributed by atoms with Crippen LogP contribution in [-0.2, 0) is 0 Å². The smallest absolute Gasteiger partial charge is 0.157 e. The molecule has 2 aromatic heterocycles. The van der Waals surface area contributed by atoms with Crippen LogP contribution in [0, 0.1) is 0 Å². The number of rotatable bonds is 4. The molecule has 128 valence electrons. The molecule has 4 aromatic rings. The normalized spacial score (nSPS) is 11.3. The minimum Gasteiger partial charge on any atom is -0.455 e. The van der Waals surface area contributed by atoms with Crippen LogP contribution in [0.15, 0.2) is 70.4 Å². The lowest BCUT2D eigenvalue weighted by molar-refractivity contribution is 0.575. The minimum atomic E-state index is 0.480. The molecule has 2 aromatic carbocycles. The summed E-state index contributed by atoms with van der Waals surface area (Å²) in [5.41, 5.74) is 4.61. The highest BCUT2D eigenvalue weighted by Gasteiger charge is 2.06. The number of hydrogen-bond acceptors (Lipinski definition) is 5. The number of hydrogen-bond donors (Lipinski definition) is 1. The lowest BCUT2D eigenvalue weighted by atomic mass is 10.2. The molecule has 0 unspecified atom stereocenters. The van der Waals surface area contributed by atoms with E-state index in [1.54, 1.807) is 18.3 Å². The van der Waals surface area contributed by atoms with E-state index in [-0.39, 0.29) is 0 Å². The van der Waals surface area contributed by atoms with Gasteiger partial charge in [0.1, 0.15) is 17.8 Å². The van der Waals surface area contributed by atoms with Crippen LogP contribution < -0.4 is 5.43 Å². The van der Waals surface area contributed by atoms with E-state index in [1.165, 1.54) is 6.33 Å². The van der Waals surface area contributed by atoms with Gasteiger partial charge in [-0.2, -0.15) is 5.10 Å². The maximum Gasteiger partial charge on any atom is 0.157 e. The maximum atomic E-state index is 6.05. The van der Waals surface area contributed by atoms with Crippen LogP contribution in [0.4, 0.5) is 5.82 Å². The molecule has 0 aliphatic heterocycles. The van der Waals surface area contributed by atoms with Gasteiger partial charge < -0.3 is 4.42 Å². The van der Waals surface area contributed by atoms with E-state index < -0.39 is 0 Å². The van der Waals surface area contributed by atoms with E-state index in [9.17, 15) is 0 Å². The van der Waals surface area contributed by atoms with Crippen molar-refractivity contribution in [2.24, 2.45) is 5.10 Å². The Hall–Kier alpha value is -2.89. The Morgan fingerprint density at radius 2 is 1.85 bits per heavy atom. The fourth-order valence-electron chi connectivity index (χ4n) is 2.48. The first-order valence-corrected chi connectivity index (χ1v) is 8.50. The Bertz CT molecular complexity index is 1100. The number of nitrogens with zero attached hydrogens (tertiary/aromatic N) is 3. The molecule has 0 bridgehead atoms. The summed E-state index contributed by atoms with van der Waals surface area (Å²) >= 11 is 12.0. The first kappa shape index (κ1) is 16.6. The van der Waals surface area contributed by atoms with E-state index in [0.717, 1.165) is 16.5 Å². The summed E-state index contributed by atoms with van der Waals surface area (Å²) in [5, 5.41) is 6.07. The van der Waals surface area contributed by atoms with Crippen molar-refractivity contribution in [2.75, 3.05) is 5.43 Å². The van der Waals surface area contributed by atoms with Crippen LogP contribution in [0.2, 0.25) is 10.0 Å². The number of halogens is 2. The Morgan fingerprint density at radius 3 is 2.73 bits per heavy atom. The summed E-state index contributed by atoms with van der Waals surface area (Å²) in [6.45, 7) is 0. The van der Waals surface area contributed by atoms with Gasteiger partial charge in [0.05, 0.1) is 21.8 Å². The summed E-state index contributed by atoms with van der Waals surface area (Å²) in [6, 6.07) is 16.7. The minimum absolute atomic E-state index is 0.480. The molecule has 1 N–H and O–H groups in total. The molecule has 7 heteroatoms. The second kappa shape index (κ2) is 7.15. The fourth-order valence-corrected chi connectivity index (χ4v) is 2.78. The maximum absolute atomic E-state index is 6.05. The van der Waals surface area contributed by atoms with E-state index >= 15 is 0 Å². The number of benzene rings is 2. The Labute approximate surface area is 159 Å². The topological polar surface area (TPSA) is 63.3 Å². The average molecular weight is 383 g/mol. The van der Waals surface area contributed by atoms with Gasteiger partial charge in [0.2, 0.25) is 0 Å². The number of hydrazone groups is 1. The quantitative estimate of drug-likeness (QED) is 0.366. The standard InChI is InChI=1S/C19H12Cl2N4O/c20-15-7-5-12(9-16(15)21)18-8-6-13(26-18)10-24-25-19-14-3-1-2-4-17(14)22-11-23-19/h1-11H,(H,22,23,25)/b24-10+. The summed E-state index contributed by atoms with van der Waals surface area (Å²) in [4.78, 5) is 8.43. The third-order valence-corrected chi connectivity index (χ3v) is 4.47. The third-order valence-electron chi connectivity index (χ3n) is 3.74. The largest absolute Gasteiger partial charge is 0.455 e. The molecular formula is C19H12Cl2N4O.